The Kier molecular flexibility index (Phi) is 4.79. The van der Waals surface area contributed by atoms with Gasteiger partial charge < -0.3 is 4.55 Å². The van der Waals surface area contributed by atoms with Crippen LogP contribution in [0.3, 0.4) is 0 Å². The average molecular weight is 308 g/mol. The van der Waals surface area contributed by atoms with E-state index in [1.165, 1.54) is 6.07 Å². The lowest BCUT2D eigenvalue weighted by molar-refractivity contribution is 0.540. The van der Waals surface area contributed by atoms with Crippen LogP contribution < -0.4 is 4.72 Å². The summed E-state index contributed by atoms with van der Waals surface area (Å²) in [6, 6.07) is 4.84. The van der Waals surface area contributed by atoms with Gasteiger partial charge in [-0.3, -0.25) is 0 Å². The molecule has 1 unspecified atom stereocenters. The van der Waals surface area contributed by atoms with Crippen LogP contribution in [0.5, 0.6) is 0 Å². The summed E-state index contributed by atoms with van der Waals surface area (Å²) in [5.74, 6) is -0.298. The van der Waals surface area contributed by atoms with Crippen molar-refractivity contribution in [3.63, 3.8) is 0 Å². The van der Waals surface area contributed by atoms with Crippen molar-refractivity contribution in [3.05, 3.63) is 34.1 Å². The third-order valence-corrected chi connectivity index (χ3v) is 3.98. The third kappa shape index (κ3) is 4.05. The summed E-state index contributed by atoms with van der Waals surface area (Å²) in [6.45, 7) is 5.87. The smallest absolute Gasteiger partial charge is 0.136 e. The van der Waals surface area contributed by atoms with Crippen LogP contribution in [0.15, 0.2) is 22.7 Å². The van der Waals surface area contributed by atoms with Crippen LogP contribution in [0.1, 0.15) is 26.3 Å². The first-order valence-electron chi connectivity index (χ1n) is 4.90. The topological polar surface area (TPSA) is 35.1 Å². The van der Waals surface area contributed by atoms with Gasteiger partial charge in [-0.05, 0) is 32.9 Å². The number of benzene rings is 1. The van der Waals surface area contributed by atoms with Crippen molar-refractivity contribution in [1.29, 1.82) is 0 Å². The maximum atomic E-state index is 13.4. The van der Waals surface area contributed by atoms with Gasteiger partial charge in [0.25, 0.3) is 0 Å². The van der Waals surface area contributed by atoms with E-state index in [0.717, 1.165) is 0 Å². The highest BCUT2D eigenvalue weighted by atomic mass is 79.9. The monoisotopic (exact) mass is 307 g/mol. The largest absolute Gasteiger partial charge is 0.598 e. The Morgan fingerprint density at radius 1 is 1.44 bits per heavy atom. The maximum absolute atomic E-state index is 13.4. The molecule has 0 aromatic heterocycles. The molecule has 0 radical (unpaired) electrons. The Morgan fingerprint density at radius 2 is 2.06 bits per heavy atom. The van der Waals surface area contributed by atoms with Crippen molar-refractivity contribution in [2.45, 2.75) is 32.1 Å². The highest BCUT2D eigenvalue weighted by Gasteiger charge is 2.26. The molecular formula is C11H15BrFNOS. The van der Waals surface area contributed by atoms with Crippen molar-refractivity contribution in [1.82, 2.24) is 4.72 Å². The summed E-state index contributed by atoms with van der Waals surface area (Å²) in [4.78, 5) is 0. The Hall–Kier alpha value is -0.100. The van der Waals surface area contributed by atoms with E-state index in [9.17, 15) is 8.94 Å². The summed E-state index contributed by atoms with van der Waals surface area (Å²) in [7, 11) is 0. The molecule has 1 aromatic rings. The molecule has 90 valence electrons. The molecule has 0 spiro atoms. The normalized spacial score (nSPS) is 13.9. The fourth-order valence-corrected chi connectivity index (χ4v) is 2.08. The second kappa shape index (κ2) is 5.49. The molecule has 0 amide bonds. The summed E-state index contributed by atoms with van der Waals surface area (Å²) in [6.07, 6.45) is 0. The zero-order chi connectivity index (χ0) is 12.3. The van der Waals surface area contributed by atoms with E-state index in [2.05, 4.69) is 20.7 Å². The van der Waals surface area contributed by atoms with Gasteiger partial charge >= 0.3 is 0 Å². The van der Waals surface area contributed by atoms with Gasteiger partial charge in [0.2, 0.25) is 0 Å². The van der Waals surface area contributed by atoms with Gasteiger partial charge in [0.15, 0.2) is 0 Å². The standard InChI is InChI=1S/C11H15BrFNOS/c1-11(2,3)16(15)14-7-8-4-5-9(12)6-10(8)13/h4-6,14H,7H2,1-3H3. The van der Waals surface area contributed by atoms with Crippen LogP contribution in [0.25, 0.3) is 0 Å². The number of halogens is 2. The molecule has 1 atom stereocenters. The lowest BCUT2D eigenvalue weighted by Gasteiger charge is -2.23. The van der Waals surface area contributed by atoms with E-state index in [1.807, 2.05) is 20.8 Å². The predicted octanol–water partition coefficient (Wildman–Crippen LogP) is 3.14. The molecule has 0 bridgehead atoms. The first-order valence-corrected chi connectivity index (χ1v) is 6.84. The lowest BCUT2D eigenvalue weighted by atomic mass is 10.2. The van der Waals surface area contributed by atoms with Gasteiger partial charge in [0.05, 0.1) is 6.54 Å². The van der Waals surface area contributed by atoms with Crippen LogP contribution in [0.4, 0.5) is 4.39 Å². The molecule has 0 fully saturated rings. The van der Waals surface area contributed by atoms with Crippen LogP contribution in [-0.2, 0) is 17.9 Å². The maximum Gasteiger partial charge on any atom is 0.136 e. The lowest BCUT2D eigenvalue weighted by Crippen LogP contribution is -2.39. The van der Waals surface area contributed by atoms with Crippen LogP contribution in [0.2, 0.25) is 0 Å². The molecule has 0 saturated heterocycles. The van der Waals surface area contributed by atoms with Gasteiger partial charge in [-0.2, -0.15) is 0 Å². The molecule has 0 heterocycles. The molecule has 0 aliphatic rings. The van der Waals surface area contributed by atoms with Gasteiger partial charge in [-0.25, -0.2) is 4.39 Å². The Morgan fingerprint density at radius 3 is 2.56 bits per heavy atom. The molecule has 5 heteroatoms. The fraction of sp³-hybridized carbons (Fsp3) is 0.455. The van der Waals surface area contributed by atoms with E-state index in [4.69, 9.17) is 0 Å². The van der Waals surface area contributed by atoms with E-state index < -0.39 is 11.4 Å². The first kappa shape index (κ1) is 14.0. The zero-order valence-corrected chi connectivity index (χ0v) is 11.9. The van der Waals surface area contributed by atoms with Crippen molar-refractivity contribution >= 4 is 27.3 Å². The number of rotatable bonds is 3. The van der Waals surface area contributed by atoms with Gasteiger partial charge in [0.1, 0.15) is 10.6 Å². The minimum atomic E-state index is -1.18. The van der Waals surface area contributed by atoms with E-state index in [-0.39, 0.29) is 17.1 Å². The molecule has 2 nitrogen and oxygen atoms in total. The second-order valence-corrected chi connectivity index (χ2v) is 7.40. The molecule has 1 aromatic carbocycles. The van der Waals surface area contributed by atoms with Crippen LogP contribution >= 0.6 is 15.9 Å². The van der Waals surface area contributed by atoms with Crippen LogP contribution in [-0.4, -0.2) is 9.30 Å². The van der Waals surface area contributed by atoms with E-state index in [0.29, 0.717) is 10.0 Å². The number of hydrogen-bond acceptors (Lipinski definition) is 2. The Labute approximate surface area is 107 Å². The molecular weight excluding hydrogens is 293 g/mol. The molecule has 1 rings (SSSR count). The molecule has 0 aliphatic carbocycles. The van der Waals surface area contributed by atoms with Gasteiger partial charge in [0, 0.05) is 21.4 Å². The van der Waals surface area contributed by atoms with Crippen molar-refractivity contribution < 1.29 is 8.94 Å². The average Bonchev–Trinajstić information content (AvgIpc) is 2.14. The zero-order valence-electron chi connectivity index (χ0n) is 9.51. The van der Waals surface area contributed by atoms with Crippen molar-refractivity contribution in [2.24, 2.45) is 0 Å². The van der Waals surface area contributed by atoms with E-state index in [1.54, 1.807) is 12.1 Å². The highest BCUT2D eigenvalue weighted by Crippen LogP contribution is 2.17. The van der Waals surface area contributed by atoms with Crippen LogP contribution in [0, 0.1) is 5.82 Å². The molecule has 0 aliphatic heterocycles. The summed E-state index contributed by atoms with van der Waals surface area (Å²) >= 11 is 2.01. The molecule has 16 heavy (non-hydrogen) atoms. The van der Waals surface area contributed by atoms with Crippen molar-refractivity contribution in [3.8, 4) is 0 Å². The minimum Gasteiger partial charge on any atom is -0.598 e. The van der Waals surface area contributed by atoms with Gasteiger partial charge in [-0.15, -0.1) is 4.72 Å². The number of nitrogens with one attached hydrogen (secondary N) is 1. The van der Waals surface area contributed by atoms with Crippen molar-refractivity contribution in [2.75, 3.05) is 0 Å². The predicted molar refractivity (Wildman–Crippen MR) is 68.8 cm³/mol. The summed E-state index contributed by atoms with van der Waals surface area (Å²) in [5.41, 5.74) is 0.515. The Balaban J connectivity index is 2.62. The summed E-state index contributed by atoms with van der Waals surface area (Å²) < 4.78 is 28.3. The van der Waals surface area contributed by atoms with E-state index >= 15 is 0 Å². The number of hydrogen-bond donors (Lipinski definition) is 1. The Bertz CT molecular complexity index is 367. The highest BCUT2D eigenvalue weighted by molar-refractivity contribution is 9.10. The molecule has 1 N–H and O–H groups in total. The quantitative estimate of drug-likeness (QED) is 0.871. The first-order chi connectivity index (χ1) is 7.30. The third-order valence-electron chi connectivity index (χ3n) is 1.97. The minimum absolute atomic E-state index is 0.267. The van der Waals surface area contributed by atoms with Gasteiger partial charge in [-0.1, -0.05) is 22.0 Å². The SMILES string of the molecule is CC(C)(C)[S+]([O-])NCc1ccc(Br)cc1F. The second-order valence-electron chi connectivity index (χ2n) is 4.44. The fourth-order valence-electron chi connectivity index (χ4n) is 1.02. The molecule has 0 saturated carbocycles. The summed E-state index contributed by atoms with van der Waals surface area (Å²) in [5, 5.41) is 0.